The van der Waals surface area contributed by atoms with Crippen molar-refractivity contribution in [3.05, 3.63) is 35.4 Å². The molecule has 0 radical (unpaired) electrons. The van der Waals surface area contributed by atoms with Gasteiger partial charge >= 0.3 is 12.0 Å². The molecule has 0 spiro atoms. The van der Waals surface area contributed by atoms with Crippen molar-refractivity contribution in [3.8, 4) is 0 Å². The van der Waals surface area contributed by atoms with Crippen LogP contribution in [0.4, 0.5) is 4.79 Å². The predicted molar refractivity (Wildman–Crippen MR) is 77.1 cm³/mol. The molecule has 1 aromatic carbocycles. The maximum Gasteiger partial charge on any atom is 0.335 e. The Morgan fingerprint density at radius 1 is 1.29 bits per heavy atom. The number of aliphatic hydroxyl groups excluding tert-OH is 1. The van der Waals surface area contributed by atoms with Gasteiger partial charge in [-0.3, -0.25) is 0 Å². The smallest absolute Gasteiger partial charge is 0.335 e. The molecule has 2 amide bonds. The van der Waals surface area contributed by atoms with E-state index in [9.17, 15) is 9.59 Å². The molecule has 1 unspecified atom stereocenters. The van der Waals surface area contributed by atoms with Crippen molar-refractivity contribution in [1.29, 1.82) is 0 Å². The van der Waals surface area contributed by atoms with Crippen LogP contribution in [-0.2, 0) is 6.54 Å². The van der Waals surface area contributed by atoms with Crippen LogP contribution in [-0.4, -0.2) is 46.3 Å². The number of hydrogen-bond donors (Lipinski definition) is 3. The second-order valence-electron chi connectivity index (χ2n) is 5.16. The fraction of sp³-hybridized carbons (Fsp3) is 0.467. The van der Waals surface area contributed by atoms with Gasteiger partial charge in [-0.05, 0) is 37.0 Å². The monoisotopic (exact) mass is 292 g/mol. The number of nitrogens with one attached hydrogen (secondary N) is 1. The Kier molecular flexibility index (Phi) is 5.16. The summed E-state index contributed by atoms with van der Waals surface area (Å²) < 4.78 is 0. The van der Waals surface area contributed by atoms with E-state index in [1.54, 1.807) is 17.0 Å². The Morgan fingerprint density at radius 3 is 2.62 bits per heavy atom. The molecule has 0 aliphatic carbocycles. The number of carbonyl (C=O) groups excluding carboxylic acids is 1. The van der Waals surface area contributed by atoms with E-state index in [1.165, 1.54) is 12.1 Å². The molecule has 1 saturated heterocycles. The van der Waals surface area contributed by atoms with Crippen molar-refractivity contribution in [3.63, 3.8) is 0 Å². The molecule has 1 aromatic rings. The Morgan fingerprint density at radius 2 is 2.00 bits per heavy atom. The van der Waals surface area contributed by atoms with Crippen LogP contribution in [0.1, 0.15) is 35.2 Å². The quantitative estimate of drug-likeness (QED) is 0.766. The molecule has 0 saturated carbocycles. The zero-order valence-corrected chi connectivity index (χ0v) is 11.8. The lowest BCUT2D eigenvalue weighted by molar-refractivity contribution is 0.0696. The molecule has 1 aliphatic rings. The molecule has 21 heavy (non-hydrogen) atoms. The average Bonchev–Trinajstić information content (AvgIpc) is 2.94. The van der Waals surface area contributed by atoms with E-state index in [4.69, 9.17) is 10.2 Å². The first-order valence-corrected chi connectivity index (χ1v) is 7.09. The van der Waals surface area contributed by atoms with Gasteiger partial charge in [-0.15, -0.1) is 0 Å². The number of urea groups is 1. The lowest BCUT2D eigenvalue weighted by Crippen LogP contribution is -2.42. The molecule has 0 bridgehead atoms. The summed E-state index contributed by atoms with van der Waals surface area (Å²) in [4.78, 5) is 24.6. The number of aliphatic hydroxyl groups is 1. The van der Waals surface area contributed by atoms with Crippen LogP contribution in [0.3, 0.4) is 0 Å². The van der Waals surface area contributed by atoms with Crippen LogP contribution in [0.2, 0.25) is 0 Å². The van der Waals surface area contributed by atoms with Gasteiger partial charge in [0.1, 0.15) is 0 Å². The van der Waals surface area contributed by atoms with Crippen LogP contribution in [0.25, 0.3) is 0 Å². The van der Waals surface area contributed by atoms with Crippen LogP contribution in [0.15, 0.2) is 24.3 Å². The molecule has 6 nitrogen and oxygen atoms in total. The van der Waals surface area contributed by atoms with Crippen LogP contribution in [0, 0.1) is 0 Å². The summed E-state index contributed by atoms with van der Waals surface area (Å²) in [7, 11) is 0. The van der Waals surface area contributed by atoms with E-state index in [0.717, 1.165) is 18.4 Å². The highest BCUT2D eigenvalue weighted by Crippen LogP contribution is 2.19. The third kappa shape index (κ3) is 3.95. The second kappa shape index (κ2) is 7.08. The maximum atomic E-state index is 12.1. The van der Waals surface area contributed by atoms with Crippen LogP contribution >= 0.6 is 0 Å². The molecule has 2 rings (SSSR count). The number of amides is 2. The van der Waals surface area contributed by atoms with Gasteiger partial charge in [0.25, 0.3) is 0 Å². The van der Waals surface area contributed by atoms with Gasteiger partial charge in [-0.1, -0.05) is 12.1 Å². The van der Waals surface area contributed by atoms with E-state index >= 15 is 0 Å². The molecule has 0 aromatic heterocycles. The summed E-state index contributed by atoms with van der Waals surface area (Å²) >= 11 is 0. The van der Waals surface area contributed by atoms with Crippen LogP contribution < -0.4 is 5.32 Å². The minimum atomic E-state index is -0.963. The highest BCUT2D eigenvalue weighted by atomic mass is 16.4. The van der Waals surface area contributed by atoms with Gasteiger partial charge in [-0.25, -0.2) is 9.59 Å². The Balaban J connectivity index is 1.87. The van der Waals surface area contributed by atoms with Crippen molar-refractivity contribution in [2.45, 2.75) is 31.8 Å². The van der Waals surface area contributed by atoms with Crippen molar-refractivity contribution in [1.82, 2.24) is 10.2 Å². The first-order valence-electron chi connectivity index (χ1n) is 7.09. The van der Waals surface area contributed by atoms with E-state index in [2.05, 4.69) is 5.32 Å². The Hall–Kier alpha value is -2.08. The molecule has 1 heterocycles. The zero-order valence-electron chi connectivity index (χ0n) is 11.8. The van der Waals surface area contributed by atoms with Crippen molar-refractivity contribution >= 4 is 12.0 Å². The Labute approximate surface area is 123 Å². The van der Waals surface area contributed by atoms with Crippen molar-refractivity contribution in [2.24, 2.45) is 0 Å². The number of nitrogens with zero attached hydrogens (tertiary/aromatic N) is 1. The highest BCUT2D eigenvalue weighted by Gasteiger charge is 2.27. The number of carboxylic acids is 1. The number of aromatic carboxylic acids is 1. The number of benzene rings is 1. The predicted octanol–water partition coefficient (Wildman–Crippen LogP) is 1.44. The number of likely N-dealkylation sites (tertiary alicyclic amines) is 1. The first-order chi connectivity index (χ1) is 10.1. The highest BCUT2D eigenvalue weighted by molar-refractivity contribution is 5.87. The normalized spacial score (nSPS) is 17.8. The number of carbonyl (C=O) groups is 2. The third-order valence-corrected chi connectivity index (χ3v) is 3.74. The van der Waals surface area contributed by atoms with Gasteiger partial charge in [-0.2, -0.15) is 0 Å². The van der Waals surface area contributed by atoms with Gasteiger partial charge in [0.2, 0.25) is 0 Å². The summed E-state index contributed by atoms with van der Waals surface area (Å²) in [5.74, 6) is -0.963. The van der Waals surface area contributed by atoms with Gasteiger partial charge in [0.05, 0.1) is 5.56 Å². The topological polar surface area (TPSA) is 89.9 Å². The summed E-state index contributed by atoms with van der Waals surface area (Å²) in [6, 6.07) is 6.41. The lowest BCUT2D eigenvalue weighted by Gasteiger charge is -2.24. The minimum Gasteiger partial charge on any atom is -0.478 e. The van der Waals surface area contributed by atoms with E-state index in [-0.39, 0.29) is 24.2 Å². The summed E-state index contributed by atoms with van der Waals surface area (Å²) in [6.45, 7) is 1.17. The second-order valence-corrected chi connectivity index (χ2v) is 5.16. The largest absolute Gasteiger partial charge is 0.478 e. The number of rotatable bonds is 5. The fourth-order valence-corrected chi connectivity index (χ4v) is 2.60. The Bertz CT molecular complexity index is 501. The van der Waals surface area contributed by atoms with E-state index < -0.39 is 5.97 Å². The summed E-state index contributed by atoms with van der Waals surface area (Å²) in [6.07, 6.45) is 2.51. The summed E-state index contributed by atoms with van der Waals surface area (Å²) in [5, 5.41) is 20.7. The summed E-state index contributed by atoms with van der Waals surface area (Å²) in [5.41, 5.74) is 1.08. The average molecular weight is 292 g/mol. The maximum absolute atomic E-state index is 12.1. The molecule has 3 N–H and O–H groups in total. The molecule has 6 heteroatoms. The van der Waals surface area contributed by atoms with Gasteiger partial charge < -0.3 is 20.4 Å². The molecular weight excluding hydrogens is 272 g/mol. The first kappa shape index (κ1) is 15.3. The van der Waals surface area contributed by atoms with Gasteiger partial charge in [0, 0.05) is 25.7 Å². The lowest BCUT2D eigenvalue weighted by atomic mass is 10.1. The minimum absolute atomic E-state index is 0.0884. The molecule has 1 aliphatic heterocycles. The zero-order chi connectivity index (χ0) is 15.2. The number of carboxylic acid groups (broad SMARTS) is 1. The van der Waals surface area contributed by atoms with Crippen LogP contribution in [0.5, 0.6) is 0 Å². The van der Waals surface area contributed by atoms with Gasteiger partial charge in [0.15, 0.2) is 0 Å². The molecule has 1 atom stereocenters. The van der Waals surface area contributed by atoms with E-state index in [1.807, 2.05) is 0 Å². The standard InChI is InChI=1S/C15H20N2O4/c18-9-7-13-2-1-8-17(13)15(21)16-10-11-3-5-12(6-4-11)14(19)20/h3-6,13,18H,1-2,7-10H2,(H,16,21)(H,19,20). The molecule has 1 fully saturated rings. The molecule has 114 valence electrons. The fourth-order valence-electron chi connectivity index (χ4n) is 2.60. The van der Waals surface area contributed by atoms with Crippen molar-refractivity contribution in [2.75, 3.05) is 13.2 Å². The van der Waals surface area contributed by atoms with Crippen molar-refractivity contribution < 1.29 is 19.8 Å². The molecular formula is C15H20N2O4. The SMILES string of the molecule is O=C(O)c1ccc(CNC(=O)N2CCCC2CCO)cc1. The van der Waals surface area contributed by atoms with E-state index in [0.29, 0.717) is 19.5 Å². The third-order valence-electron chi connectivity index (χ3n) is 3.74. The number of hydrogen-bond acceptors (Lipinski definition) is 3.